The second-order valence-electron chi connectivity index (χ2n) is 11.4. The molecule has 0 spiro atoms. The van der Waals surface area contributed by atoms with Crippen LogP contribution < -0.4 is 0 Å². The normalized spacial score (nSPS) is 31.8. The molecule has 3 aromatic rings. The molecular weight excluding hydrogens is 588 g/mol. The Labute approximate surface area is 259 Å². The van der Waals surface area contributed by atoms with Gasteiger partial charge in [0.15, 0.2) is 0 Å². The summed E-state index contributed by atoms with van der Waals surface area (Å²) in [7, 11) is 1.29. The van der Waals surface area contributed by atoms with Gasteiger partial charge in [-0.15, -0.1) is 0 Å². The molecule has 12 heteroatoms. The number of aliphatic hydroxyl groups excluding tert-OH is 8. The van der Waals surface area contributed by atoms with E-state index in [1.807, 2.05) is 30.3 Å². The fourth-order valence-corrected chi connectivity index (χ4v) is 5.96. The van der Waals surface area contributed by atoms with E-state index in [9.17, 15) is 45.6 Å². The largest absolute Gasteiger partial charge is 0.469 e. The van der Waals surface area contributed by atoms with Gasteiger partial charge in [-0.25, -0.2) is 0 Å². The Kier molecular flexibility index (Phi) is 10.3. The molecule has 2 saturated heterocycles. The van der Waals surface area contributed by atoms with Gasteiger partial charge >= 0.3 is 5.97 Å². The van der Waals surface area contributed by atoms with Crippen molar-refractivity contribution in [2.24, 2.45) is 0 Å². The van der Waals surface area contributed by atoms with Gasteiger partial charge in [0.25, 0.3) is 0 Å². The number of hydrogen-bond donors (Lipinski definition) is 8. The highest BCUT2D eigenvalue weighted by molar-refractivity contribution is 5.81. The Balaban J connectivity index is 1.49. The molecule has 5 rings (SSSR count). The maximum atomic E-state index is 12.5. The second kappa shape index (κ2) is 14.0. The van der Waals surface area contributed by atoms with Crippen LogP contribution in [0.25, 0.3) is 22.3 Å². The molecule has 8 N–H and O–H groups in total. The van der Waals surface area contributed by atoms with E-state index in [-0.39, 0.29) is 6.42 Å². The molecule has 2 heterocycles. The number of carbonyl (C=O) groups excluding carboxylic acids is 1. The third kappa shape index (κ3) is 6.67. The molecule has 0 aliphatic carbocycles. The summed E-state index contributed by atoms with van der Waals surface area (Å²) in [5, 5.41) is 81.4. The smallest absolute Gasteiger partial charge is 0.310 e. The number of methoxy groups -OCH3 is 1. The van der Waals surface area contributed by atoms with Gasteiger partial charge in [0.2, 0.25) is 0 Å². The van der Waals surface area contributed by atoms with Gasteiger partial charge in [-0.2, -0.15) is 0 Å². The molecule has 0 bridgehead atoms. The Morgan fingerprint density at radius 2 is 1.13 bits per heavy atom. The number of esters is 1. The highest BCUT2D eigenvalue weighted by Gasteiger charge is 2.45. The van der Waals surface area contributed by atoms with E-state index >= 15 is 0 Å². The first kappa shape index (κ1) is 33.1. The summed E-state index contributed by atoms with van der Waals surface area (Å²) >= 11 is 0. The topological polar surface area (TPSA) is 207 Å². The lowest BCUT2D eigenvalue weighted by Crippen LogP contribution is -2.55. The van der Waals surface area contributed by atoms with Crippen LogP contribution in [0.15, 0.2) is 66.7 Å². The lowest BCUT2D eigenvalue weighted by Gasteiger charge is -2.40. The molecule has 45 heavy (non-hydrogen) atoms. The van der Waals surface area contributed by atoms with E-state index in [0.29, 0.717) is 38.9 Å². The maximum absolute atomic E-state index is 12.5. The van der Waals surface area contributed by atoms with Gasteiger partial charge in [-0.05, 0) is 57.1 Å². The highest BCUT2D eigenvalue weighted by Crippen LogP contribution is 2.37. The van der Waals surface area contributed by atoms with Crippen LogP contribution in [0, 0.1) is 0 Å². The number of ether oxygens (including phenoxy) is 3. The minimum Gasteiger partial charge on any atom is -0.469 e. The van der Waals surface area contributed by atoms with Gasteiger partial charge in [0.05, 0.1) is 26.7 Å². The van der Waals surface area contributed by atoms with Crippen molar-refractivity contribution >= 4 is 5.97 Å². The standard InChI is InChI=1S/C33H38O12/c1-43-25(36)13-21-11-17(16-4-2-6-19(10-16)32-30(41)28(39)26(37)23(14-34)44-32)8-9-22(21)18-5-3-7-20(12-18)33-31(42)29(40)27(38)24(15-35)45-33/h2-12,23-24,26-35,37-42H,13-15H2,1H3/t23?,24?,26-,27-,28?,29?,30?,31?,32-,33-/m1/s1. The molecule has 242 valence electrons. The summed E-state index contributed by atoms with van der Waals surface area (Å²) in [6.45, 7) is -1.10. The van der Waals surface area contributed by atoms with Crippen LogP contribution in [0.5, 0.6) is 0 Å². The lowest BCUT2D eigenvalue weighted by molar-refractivity contribution is -0.231. The number of benzene rings is 3. The van der Waals surface area contributed by atoms with Crippen LogP contribution in [0.2, 0.25) is 0 Å². The third-order valence-electron chi connectivity index (χ3n) is 8.53. The van der Waals surface area contributed by atoms with Crippen molar-refractivity contribution in [3.05, 3.63) is 83.4 Å². The fourth-order valence-electron chi connectivity index (χ4n) is 5.96. The van der Waals surface area contributed by atoms with E-state index in [4.69, 9.17) is 14.2 Å². The first-order valence-electron chi connectivity index (χ1n) is 14.6. The van der Waals surface area contributed by atoms with Crippen LogP contribution >= 0.6 is 0 Å². The van der Waals surface area contributed by atoms with Crippen molar-refractivity contribution in [1.82, 2.24) is 0 Å². The van der Waals surface area contributed by atoms with Gasteiger partial charge in [-0.3, -0.25) is 4.79 Å². The number of rotatable bonds is 8. The Morgan fingerprint density at radius 1 is 0.644 bits per heavy atom. The predicted octanol–water partition coefficient (Wildman–Crippen LogP) is -0.234. The first-order chi connectivity index (χ1) is 21.6. The molecule has 6 unspecified atom stereocenters. The molecule has 10 atom stereocenters. The zero-order chi connectivity index (χ0) is 32.4. The van der Waals surface area contributed by atoms with Crippen molar-refractivity contribution in [1.29, 1.82) is 0 Å². The van der Waals surface area contributed by atoms with E-state index in [2.05, 4.69) is 0 Å². The quantitative estimate of drug-likeness (QED) is 0.153. The Morgan fingerprint density at radius 3 is 1.64 bits per heavy atom. The highest BCUT2D eigenvalue weighted by atomic mass is 16.6. The summed E-state index contributed by atoms with van der Waals surface area (Å²) in [4.78, 5) is 12.5. The zero-order valence-electron chi connectivity index (χ0n) is 24.5. The molecule has 3 aromatic carbocycles. The average Bonchev–Trinajstić information content (AvgIpc) is 3.06. The lowest BCUT2D eigenvalue weighted by atomic mass is 9.88. The Hall–Kier alpha value is -3.27. The number of hydrogen-bond acceptors (Lipinski definition) is 12. The van der Waals surface area contributed by atoms with Crippen LogP contribution in [-0.2, 0) is 25.4 Å². The molecule has 0 amide bonds. The van der Waals surface area contributed by atoms with Gasteiger partial charge in [-0.1, -0.05) is 48.5 Å². The maximum Gasteiger partial charge on any atom is 0.310 e. The molecule has 2 aliphatic rings. The van der Waals surface area contributed by atoms with Gasteiger partial charge in [0, 0.05) is 0 Å². The van der Waals surface area contributed by atoms with E-state index in [0.717, 1.165) is 0 Å². The monoisotopic (exact) mass is 626 g/mol. The summed E-state index contributed by atoms with van der Waals surface area (Å²) in [6.07, 6.45) is -13.1. The van der Waals surface area contributed by atoms with Crippen LogP contribution in [0.4, 0.5) is 0 Å². The van der Waals surface area contributed by atoms with Crippen LogP contribution in [-0.4, -0.2) is 116 Å². The minimum atomic E-state index is -1.53. The van der Waals surface area contributed by atoms with Crippen molar-refractivity contribution in [2.75, 3.05) is 20.3 Å². The number of aliphatic hydroxyl groups is 8. The van der Waals surface area contributed by atoms with Gasteiger partial charge < -0.3 is 55.1 Å². The summed E-state index contributed by atoms with van der Waals surface area (Å²) in [5.41, 5.74) is 4.39. The average molecular weight is 627 g/mol. The summed E-state index contributed by atoms with van der Waals surface area (Å²) in [5.74, 6) is -0.478. The van der Waals surface area contributed by atoms with Crippen molar-refractivity contribution in [3.63, 3.8) is 0 Å². The predicted molar refractivity (Wildman–Crippen MR) is 158 cm³/mol. The van der Waals surface area contributed by atoms with Crippen molar-refractivity contribution in [3.8, 4) is 22.3 Å². The zero-order valence-corrected chi connectivity index (χ0v) is 24.5. The summed E-state index contributed by atoms with van der Waals surface area (Å²) < 4.78 is 16.4. The molecule has 12 nitrogen and oxygen atoms in total. The fraction of sp³-hybridized carbons (Fsp3) is 0.424. The molecular formula is C33H38O12. The summed E-state index contributed by atoms with van der Waals surface area (Å²) in [6, 6.07) is 19.5. The third-order valence-corrected chi connectivity index (χ3v) is 8.53. The van der Waals surface area contributed by atoms with E-state index < -0.39 is 80.2 Å². The van der Waals surface area contributed by atoms with Gasteiger partial charge in [0.1, 0.15) is 61.0 Å². The van der Waals surface area contributed by atoms with E-state index in [1.54, 1.807) is 36.4 Å². The Bertz CT molecular complexity index is 1480. The first-order valence-corrected chi connectivity index (χ1v) is 14.6. The second-order valence-corrected chi connectivity index (χ2v) is 11.4. The molecule has 0 radical (unpaired) electrons. The minimum absolute atomic E-state index is 0.0731. The number of carbonyl (C=O) groups is 1. The molecule has 0 saturated carbocycles. The van der Waals surface area contributed by atoms with E-state index in [1.165, 1.54) is 7.11 Å². The van der Waals surface area contributed by atoms with Crippen LogP contribution in [0.1, 0.15) is 28.9 Å². The molecule has 2 fully saturated rings. The molecule has 2 aliphatic heterocycles. The van der Waals surface area contributed by atoms with Crippen molar-refractivity contribution < 1.29 is 59.9 Å². The van der Waals surface area contributed by atoms with Crippen LogP contribution in [0.3, 0.4) is 0 Å². The van der Waals surface area contributed by atoms with Crippen molar-refractivity contribution in [2.45, 2.75) is 67.5 Å². The molecule has 0 aromatic heterocycles. The SMILES string of the molecule is COC(=O)Cc1cc(-c2cccc([C@H]3OC(CO)[C@@H](O)C(O)C3O)c2)ccc1-c1cccc([C@H]2OC(CO)[C@@H](O)C(O)C2O)c1.